The summed E-state index contributed by atoms with van der Waals surface area (Å²) in [5.74, 6) is -0.414. The van der Waals surface area contributed by atoms with Crippen LogP contribution in [0.2, 0.25) is 0 Å². The summed E-state index contributed by atoms with van der Waals surface area (Å²) in [6.45, 7) is 4.43. The standard InChI is InChI=1S/C26H27N3O4S/c1-3-18(2)28(26(31)20-9-11-21(12-10-20)29(32)33)17-24(30)27-15-13-23-22(14-16-34-23)25(27)19-7-5-4-6-8-19/h4-12,14,16,18,25H,3,13,15,17H2,1-2H3. The Morgan fingerprint density at radius 1 is 1.15 bits per heavy atom. The Morgan fingerprint density at radius 3 is 2.50 bits per heavy atom. The van der Waals surface area contributed by atoms with Gasteiger partial charge in [-0.15, -0.1) is 11.3 Å². The summed E-state index contributed by atoms with van der Waals surface area (Å²) in [5.41, 5.74) is 2.45. The molecular weight excluding hydrogens is 450 g/mol. The predicted octanol–water partition coefficient (Wildman–Crippen LogP) is 5.07. The van der Waals surface area contributed by atoms with Crippen molar-refractivity contribution >= 4 is 28.8 Å². The molecule has 2 aromatic carbocycles. The molecule has 0 saturated carbocycles. The number of hydrogen-bond donors (Lipinski definition) is 0. The van der Waals surface area contributed by atoms with Gasteiger partial charge in [-0.2, -0.15) is 0 Å². The van der Waals surface area contributed by atoms with Gasteiger partial charge in [-0.3, -0.25) is 19.7 Å². The van der Waals surface area contributed by atoms with Gasteiger partial charge in [0.05, 0.1) is 11.0 Å². The number of amides is 2. The number of non-ortho nitro benzene ring substituents is 1. The summed E-state index contributed by atoms with van der Waals surface area (Å²) >= 11 is 1.71. The van der Waals surface area contributed by atoms with Crippen LogP contribution in [0.25, 0.3) is 0 Å². The lowest BCUT2D eigenvalue weighted by atomic mass is 9.93. The molecule has 2 unspecified atom stereocenters. The molecule has 1 aliphatic rings. The Labute approximate surface area is 202 Å². The second kappa shape index (κ2) is 10.2. The van der Waals surface area contributed by atoms with E-state index >= 15 is 0 Å². The van der Waals surface area contributed by atoms with Crippen LogP contribution in [-0.4, -0.2) is 45.7 Å². The van der Waals surface area contributed by atoms with Crippen LogP contribution in [0.5, 0.6) is 0 Å². The molecule has 3 aromatic rings. The van der Waals surface area contributed by atoms with Crippen LogP contribution in [0, 0.1) is 10.1 Å². The van der Waals surface area contributed by atoms with Crippen molar-refractivity contribution in [1.29, 1.82) is 0 Å². The molecule has 176 valence electrons. The number of nitro benzene ring substituents is 1. The quantitative estimate of drug-likeness (QED) is 0.351. The van der Waals surface area contributed by atoms with E-state index in [9.17, 15) is 19.7 Å². The van der Waals surface area contributed by atoms with Gasteiger partial charge in [-0.25, -0.2) is 0 Å². The van der Waals surface area contributed by atoms with Crippen LogP contribution >= 0.6 is 11.3 Å². The highest BCUT2D eigenvalue weighted by molar-refractivity contribution is 7.10. The fraction of sp³-hybridized carbons (Fsp3) is 0.308. The Balaban J connectivity index is 1.61. The van der Waals surface area contributed by atoms with E-state index in [0.29, 0.717) is 18.5 Å². The fourth-order valence-corrected chi connectivity index (χ4v) is 5.26. The van der Waals surface area contributed by atoms with Gasteiger partial charge >= 0.3 is 0 Å². The molecule has 7 nitrogen and oxygen atoms in total. The van der Waals surface area contributed by atoms with Crippen molar-refractivity contribution in [3.63, 3.8) is 0 Å². The summed E-state index contributed by atoms with van der Waals surface area (Å²) in [7, 11) is 0. The molecule has 4 rings (SSSR count). The van der Waals surface area contributed by atoms with Gasteiger partial charge in [0.25, 0.3) is 11.6 Å². The molecule has 2 atom stereocenters. The lowest BCUT2D eigenvalue weighted by molar-refractivity contribution is -0.384. The van der Waals surface area contributed by atoms with Crippen LogP contribution in [0.15, 0.2) is 66.0 Å². The molecule has 2 amide bonds. The van der Waals surface area contributed by atoms with E-state index in [1.54, 1.807) is 16.2 Å². The summed E-state index contributed by atoms with van der Waals surface area (Å²) in [6, 6.07) is 17.3. The minimum atomic E-state index is -0.497. The van der Waals surface area contributed by atoms with Crippen LogP contribution in [0.4, 0.5) is 5.69 Å². The van der Waals surface area contributed by atoms with Crippen molar-refractivity contribution in [3.8, 4) is 0 Å². The van der Waals surface area contributed by atoms with Crippen LogP contribution in [-0.2, 0) is 11.2 Å². The topological polar surface area (TPSA) is 83.8 Å². The Bertz CT molecular complexity index is 1180. The minimum Gasteiger partial charge on any atom is -0.330 e. The van der Waals surface area contributed by atoms with Gasteiger partial charge in [0.2, 0.25) is 5.91 Å². The molecule has 1 aromatic heterocycles. The first kappa shape index (κ1) is 23.6. The number of fused-ring (bicyclic) bond motifs is 1. The van der Waals surface area contributed by atoms with E-state index in [-0.39, 0.29) is 36.1 Å². The highest BCUT2D eigenvalue weighted by Gasteiger charge is 2.34. The smallest absolute Gasteiger partial charge is 0.269 e. The lowest BCUT2D eigenvalue weighted by Crippen LogP contribution is -2.49. The number of thiophene rings is 1. The average Bonchev–Trinajstić information content (AvgIpc) is 3.35. The van der Waals surface area contributed by atoms with Gasteiger partial charge in [0.15, 0.2) is 0 Å². The maximum absolute atomic E-state index is 13.7. The zero-order valence-corrected chi connectivity index (χ0v) is 20.0. The molecular formula is C26H27N3O4S. The lowest BCUT2D eigenvalue weighted by Gasteiger charge is -2.38. The number of rotatable bonds is 7. The second-order valence-corrected chi connectivity index (χ2v) is 9.44. The summed E-state index contributed by atoms with van der Waals surface area (Å²) in [6.07, 6.45) is 1.48. The molecule has 34 heavy (non-hydrogen) atoms. The van der Waals surface area contributed by atoms with Gasteiger partial charge in [0, 0.05) is 35.2 Å². The third kappa shape index (κ3) is 4.72. The Kier molecular flexibility index (Phi) is 7.07. The largest absolute Gasteiger partial charge is 0.330 e. The maximum atomic E-state index is 13.7. The van der Waals surface area contributed by atoms with E-state index in [1.807, 2.05) is 49.1 Å². The second-order valence-electron chi connectivity index (χ2n) is 8.44. The zero-order valence-electron chi connectivity index (χ0n) is 19.2. The number of nitro groups is 1. The molecule has 0 N–H and O–H groups in total. The first-order valence-electron chi connectivity index (χ1n) is 11.4. The van der Waals surface area contributed by atoms with Gasteiger partial charge in [-0.05, 0) is 54.5 Å². The first-order valence-corrected chi connectivity index (χ1v) is 12.2. The molecule has 8 heteroatoms. The van der Waals surface area contributed by atoms with Crippen molar-refractivity contribution in [1.82, 2.24) is 9.80 Å². The number of benzene rings is 2. The molecule has 0 aliphatic carbocycles. The highest BCUT2D eigenvalue weighted by Crippen LogP contribution is 2.37. The zero-order chi connectivity index (χ0) is 24.2. The first-order chi connectivity index (χ1) is 16.4. The van der Waals surface area contributed by atoms with Crippen molar-refractivity contribution in [2.75, 3.05) is 13.1 Å². The molecule has 2 heterocycles. The van der Waals surface area contributed by atoms with E-state index in [1.165, 1.54) is 29.1 Å². The van der Waals surface area contributed by atoms with Gasteiger partial charge in [0.1, 0.15) is 6.54 Å². The molecule has 0 radical (unpaired) electrons. The SMILES string of the molecule is CCC(C)N(CC(=O)N1CCc2sccc2C1c1ccccc1)C(=O)c1ccc([N+](=O)[O-])cc1. The Hall–Kier alpha value is -3.52. The predicted molar refractivity (Wildman–Crippen MR) is 132 cm³/mol. The van der Waals surface area contributed by atoms with Gasteiger partial charge < -0.3 is 9.80 Å². The number of nitrogens with zero attached hydrogens (tertiary/aromatic N) is 3. The molecule has 0 fully saturated rings. The van der Waals surface area contributed by atoms with Crippen molar-refractivity contribution in [2.45, 2.75) is 38.8 Å². The molecule has 0 spiro atoms. The Morgan fingerprint density at radius 2 is 1.85 bits per heavy atom. The summed E-state index contributed by atoms with van der Waals surface area (Å²) in [4.78, 5) is 42.2. The number of carbonyl (C=O) groups excluding carboxylic acids is 2. The van der Waals surface area contributed by atoms with E-state index in [0.717, 1.165) is 17.5 Å². The maximum Gasteiger partial charge on any atom is 0.269 e. The van der Waals surface area contributed by atoms with Gasteiger partial charge in [-0.1, -0.05) is 37.3 Å². The van der Waals surface area contributed by atoms with Crippen molar-refractivity contribution in [3.05, 3.63) is 97.7 Å². The fourth-order valence-electron chi connectivity index (χ4n) is 4.36. The van der Waals surface area contributed by atoms with Crippen LogP contribution in [0.1, 0.15) is 52.7 Å². The normalized spacial score (nSPS) is 15.9. The van der Waals surface area contributed by atoms with Crippen molar-refractivity contribution < 1.29 is 14.5 Å². The van der Waals surface area contributed by atoms with E-state index in [2.05, 4.69) is 11.4 Å². The van der Waals surface area contributed by atoms with E-state index < -0.39 is 4.92 Å². The summed E-state index contributed by atoms with van der Waals surface area (Å²) in [5, 5.41) is 13.0. The summed E-state index contributed by atoms with van der Waals surface area (Å²) < 4.78 is 0. The molecule has 1 aliphatic heterocycles. The third-order valence-corrected chi connectivity index (χ3v) is 7.41. The van der Waals surface area contributed by atoms with Crippen molar-refractivity contribution in [2.24, 2.45) is 0 Å². The van der Waals surface area contributed by atoms with Crippen LogP contribution < -0.4 is 0 Å². The monoisotopic (exact) mass is 477 g/mol. The average molecular weight is 478 g/mol. The highest BCUT2D eigenvalue weighted by atomic mass is 32.1. The third-order valence-electron chi connectivity index (χ3n) is 6.42. The van der Waals surface area contributed by atoms with E-state index in [4.69, 9.17) is 0 Å². The number of carbonyl (C=O) groups is 2. The minimum absolute atomic E-state index is 0.0480. The molecule has 0 saturated heterocycles. The molecule has 0 bridgehead atoms. The number of hydrogen-bond acceptors (Lipinski definition) is 5. The van der Waals surface area contributed by atoms with Crippen LogP contribution in [0.3, 0.4) is 0 Å².